The Morgan fingerprint density at radius 2 is 1.90 bits per heavy atom. The lowest BCUT2D eigenvalue weighted by Crippen LogP contribution is -2.47. The maximum absolute atomic E-state index is 13.6. The van der Waals surface area contributed by atoms with Gasteiger partial charge >= 0.3 is 6.18 Å². The van der Waals surface area contributed by atoms with E-state index in [-0.39, 0.29) is 35.7 Å². The lowest BCUT2D eigenvalue weighted by Gasteiger charge is -2.32. The van der Waals surface area contributed by atoms with E-state index in [0.717, 1.165) is 25.0 Å². The second-order valence-corrected chi connectivity index (χ2v) is 10.1. The van der Waals surface area contributed by atoms with Crippen molar-refractivity contribution in [1.29, 1.82) is 0 Å². The summed E-state index contributed by atoms with van der Waals surface area (Å²) in [5.74, 6) is 0.259. The van der Waals surface area contributed by atoms with Crippen LogP contribution in [-0.4, -0.2) is 71.1 Å². The van der Waals surface area contributed by atoms with Crippen LogP contribution >= 0.6 is 0 Å². The summed E-state index contributed by atoms with van der Waals surface area (Å²) in [5.41, 5.74) is 1.08. The van der Waals surface area contributed by atoms with Crippen molar-refractivity contribution in [2.24, 2.45) is 5.92 Å². The number of nitrogens with one attached hydrogen (secondary N) is 2. The number of ether oxygens (including phenoxy) is 2. The van der Waals surface area contributed by atoms with E-state index in [4.69, 9.17) is 9.47 Å². The summed E-state index contributed by atoms with van der Waals surface area (Å²) >= 11 is 0. The molecule has 9 nitrogen and oxygen atoms in total. The van der Waals surface area contributed by atoms with Gasteiger partial charge in [0.1, 0.15) is 29.9 Å². The van der Waals surface area contributed by atoms with Gasteiger partial charge in [0, 0.05) is 37.5 Å². The maximum Gasteiger partial charge on any atom is 0.416 e. The van der Waals surface area contributed by atoms with E-state index in [1.165, 1.54) is 19.5 Å². The molecule has 5 rings (SSSR count). The molecule has 2 aromatic heterocycles. The lowest BCUT2D eigenvalue weighted by atomic mass is 10.0. The highest BCUT2D eigenvalue weighted by Gasteiger charge is 2.33. The minimum Gasteiger partial charge on any atom is -0.493 e. The van der Waals surface area contributed by atoms with E-state index in [2.05, 4.69) is 20.3 Å². The molecular formula is C27H30F3N5O4. The monoisotopic (exact) mass is 545 g/mol. The van der Waals surface area contributed by atoms with Crippen LogP contribution in [0.25, 0.3) is 22.3 Å². The molecule has 0 unspecified atom stereocenters. The second kappa shape index (κ2) is 10.8. The van der Waals surface area contributed by atoms with Crippen molar-refractivity contribution in [3.8, 4) is 17.0 Å². The zero-order valence-corrected chi connectivity index (χ0v) is 21.7. The molecule has 12 heteroatoms. The number of alkyl halides is 3. The molecule has 39 heavy (non-hydrogen) atoms. The maximum atomic E-state index is 13.6. The summed E-state index contributed by atoms with van der Waals surface area (Å²) in [6, 6.07) is 3.21. The van der Waals surface area contributed by atoms with Crippen LogP contribution in [-0.2, 0) is 15.7 Å². The Hall–Kier alpha value is -3.67. The summed E-state index contributed by atoms with van der Waals surface area (Å²) < 4.78 is 51.6. The highest BCUT2D eigenvalue weighted by molar-refractivity contribution is 6.09. The van der Waals surface area contributed by atoms with Gasteiger partial charge in [-0.2, -0.15) is 13.2 Å². The number of fused-ring (bicyclic) bond motifs is 1. The molecule has 3 aromatic rings. The van der Waals surface area contributed by atoms with Gasteiger partial charge < -0.3 is 24.7 Å². The molecule has 3 heterocycles. The average molecular weight is 546 g/mol. The van der Waals surface area contributed by atoms with Crippen LogP contribution in [0.15, 0.2) is 24.5 Å². The predicted molar refractivity (Wildman–Crippen MR) is 136 cm³/mol. The van der Waals surface area contributed by atoms with Crippen LogP contribution in [0, 0.1) is 12.8 Å². The van der Waals surface area contributed by atoms with Crippen LogP contribution in [0.4, 0.5) is 13.2 Å². The number of benzene rings is 1. The molecule has 208 valence electrons. The number of aryl methyl sites for hydroxylation is 1. The van der Waals surface area contributed by atoms with E-state index >= 15 is 0 Å². The third kappa shape index (κ3) is 5.85. The zero-order valence-electron chi connectivity index (χ0n) is 21.7. The fourth-order valence-corrected chi connectivity index (χ4v) is 4.86. The molecule has 2 fully saturated rings. The predicted octanol–water partition coefficient (Wildman–Crippen LogP) is 4.11. The molecule has 0 bridgehead atoms. The van der Waals surface area contributed by atoms with Crippen molar-refractivity contribution in [1.82, 2.24) is 25.2 Å². The van der Waals surface area contributed by atoms with Gasteiger partial charge in [0.05, 0.1) is 23.3 Å². The number of carbonyl (C=O) groups excluding carboxylic acids is 2. The molecule has 0 radical (unpaired) electrons. The lowest BCUT2D eigenvalue weighted by molar-refractivity contribution is -0.137. The molecule has 1 saturated heterocycles. The Morgan fingerprint density at radius 3 is 2.56 bits per heavy atom. The number of aromatic amines is 1. The first-order valence-electron chi connectivity index (χ1n) is 12.9. The van der Waals surface area contributed by atoms with E-state index in [1.807, 2.05) is 0 Å². The highest BCUT2D eigenvalue weighted by atomic mass is 19.4. The molecule has 2 amide bonds. The van der Waals surface area contributed by atoms with E-state index in [0.29, 0.717) is 66.5 Å². The number of carbonyl (C=O) groups is 2. The Bertz CT molecular complexity index is 1380. The van der Waals surface area contributed by atoms with Gasteiger partial charge in [-0.1, -0.05) is 0 Å². The largest absolute Gasteiger partial charge is 0.493 e. The minimum atomic E-state index is -4.55. The molecule has 0 spiro atoms. The van der Waals surface area contributed by atoms with Crippen molar-refractivity contribution >= 4 is 22.8 Å². The zero-order chi connectivity index (χ0) is 27.7. The molecule has 2 N–H and O–H groups in total. The first-order valence-corrected chi connectivity index (χ1v) is 12.9. The highest BCUT2D eigenvalue weighted by Crippen LogP contribution is 2.40. The molecule has 1 aromatic carbocycles. The Morgan fingerprint density at radius 1 is 1.15 bits per heavy atom. The van der Waals surface area contributed by atoms with Crippen molar-refractivity contribution < 1.29 is 32.2 Å². The SMILES string of the molecule is COCC(=O)N1CCC(NC(=O)c2c(C)[nH]c3c(-c4cc(C(F)(F)F)ccc4OCC4CC4)ncnc23)CC1. The smallest absolute Gasteiger partial charge is 0.416 e. The first kappa shape index (κ1) is 26.9. The van der Waals surface area contributed by atoms with E-state index < -0.39 is 11.7 Å². The standard InChI is InChI=1S/C27H30F3N5O4/c1-15-22(26(37)34-18-7-9-35(10-8-18)21(36)13-38-2)24-25(33-15)23(31-14-32-24)19-11-17(27(28,29)30)5-6-20(19)39-12-16-3-4-16/h5-6,11,14,16,18,33H,3-4,7-10,12-13H2,1-2H3,(H,34,37). The Labute approximate surface area is 223 Å². The van der Waals surface area contributed by atoms with Gasteiger partial charge in [-0.3, -0.25) is 9.59 Å². The number of nitrogens with zero attached hydrogens (tertiary/aromatic N) is 3. The quantitative estimate of drug-likeness (QED) is 0.441. The molecule has 1 aliphatic heterocycles. The Balaban J connectivity index is 1.42. The Kier molecular flexibility index (Phi) is 7.48. The van der Waals surface area contributed by atoms with Gasteiger partial charge in [-0.25, -0.2) is 9.97 Å². The number of H-pyrrole nitrogens is 1. The van der Waals surface area contributed by atoms with Crippen molar-refractivity contribution in [3.05, 3.63) is 41.3 Å². The summed E-state index contributed by atoms with van der Waals surface area (Å²) in [6.07, 6.45) is -0.0541. The van der Waals surface area contributed by atoms with Gasteiger partial charge in [-0.05, 0) is 56.7 Å². The van der Waals surface area contributed by atoms with E-state index in [9.17, 15) is 22.8 Å². The van der Waals surface area contributed by atoms with E-state index in [1.54, 1.807) is 11.8 Å². The minimum absolute atomic E-state index is 0.0206. The molecule has 1 saturated carbocycles. The third-order valence-electron chi connectivity index (χ3n) is 7.18. The fourth-order valence-electron chi connectivity index (χ4n) is 4.86. The number of rotatable bonds is 8. The van der Waals surface area contributed by atoms with Crippen molar-refractivity contribution in [3.63, 3.8) is 0 Å². The first-order chi connectivity index (χ1) is 18.7. The van der Waals surface area contributed by atoms with Crippen molar-refractivity contribution in [2.45, 2.75) is 44.8 Å². The molecular weight excluding hydrogens is 515 g/mol. The number of hydrogen-bond donors (Lipinski definition) is 2. The summed E-state index contributed by atoms with van der Waals surface area (Å²) in [6.45, 7) is 3.16. The normalized spacial score (nSPS) is 16.5. The fraction of sp³-hybridized carbons (Fsp3) is 0.481. The summed E-state index contributed by atoms with van der Waals surface area (Å²) in [5, 5.41) is 3.02. The van der Waals surface area contributed by atoms with Crippen molar-refractivity contribution in [2.75, 3.05) is 33.4 Å². The van der Waals surface area contributed by atoms with Crippen LogP contribution in [0.1, 0.15) is 47.3 Å². The van der Waals surface area contributed by atoms with Gasteiger partial charge in [0.25, 0.3) is 5.91 Å². The summed E-state index contributed by atoms with van der Waals surface area (Å²) in [4.78, 5) is 38.8. The summed E-state index contributed by atoms with van der Waals surface area (Å²) in [7, 11) is 1.47. The number of amides is 2. The van der Waals surface area contributed by atoms with Crippen LogP contribution in [0.3, 0.4) is 0 Å². The average Bonchev–Trinajstić information content (AvgIpc) is 3.67. The number of methoxy groups -OCH3 is 1. The van der Waals surface area contributed by atoms with Crippen LogP contribution < -0.4 is 10.1 Å². The molecule has 0 atom stereocenters. The van der Waals surface area contributed by atoms with Crippen LogP contribution in [0.5, 0.6) is 5.75 Å². The number of halogens is 3. The second-order valence-electron chi connectivity index (χ2n) is 10.1. The molecule has 1 aliphatic carbocycles. The molecule has 2 aliphatic rings. The van der Waals surface area contributed by atoms with Gasteiger partial charge in [0.15, 0.2) is 0 Å². The van der Waals surface area contributed by atoms with Gasteiger partial charge in [0.2, 0.25) is 5.91 Å². The number of aromatic nitrogens is 3. The number of hydrogen-bond acceptors (Lipinski definition) is 6. The number of piperidine rings is 1. The number of likely N-dealkylation sites (tertiary alicyclic amines) is 1. The van der Waals surface area contributed by atoms with Crippen LogP contribution in [0.2, 0.25) is 0 Å². The van der Waals surface area contributed by atoms with Gasteiger partial charge in [-0.15, -0.1) is 0 Å². The third-order valence-corrected chi connectivity index (χ3v) is 7.18. The topological polar surface area (TPSA) is 109 Å².